The molecule has 0 unspecified atom stereocenters. The number of hydrogen-bond acceptors (Lipinski definition) is 4. The lowest BCUT2D eigenvalue weighted by atomic mass is 10.2. The molecule has 0 aliphatic rings. The zero-order chi connectivity index (χ0) is 10.8. The van der Waals surface area contributed by atoms with E-state index < -0.39 is 0 Å². The number of rotatable bonds is 2. The van der Waals surface area contributed by atoms with Gasteiger partial charge in [-0.05, 0) is 19.1 Å². The molecule has 2 aromatic heterocycles. The third kappa shape index (κ3) is 1.83. The van der Waals surface area contributed by atoms with Crippen molar-refractivity contribution in [2.24, 2.45) is 5.73 Å². The van der Waals surface area contributed by atoms with Gasteiger partial charge in [0.25, 0.3) is 0 Å². The molecule has 15 heavy (non-hydrogen) atoms. The molecule has 0 radical (unpaired) electrons. The average Bonchev–Trinajstić information content (AvgIpc) is 2.69. The van der Waals surface area contributed by atoms with Crippen LogP contribution < -0.4 is 5.73 Å². The van der Waals surface area contributed by atoms with Crippen LogP contribution in [0.5, 0.6) is 0 Å². The minimum Gasteiger partial charge on any atom is -0.384 e. The molecule has 6 nitrogen and oxygen atoms in total. The van der Waals surface area contributed by atoms with Crippen molar-refractivity contribution in [1.29, 1.82) is 5.41 Å². The molecule has 2 aromatic rings. The van der Waals surface area contributed by atoms with Gasteiger partial charge in [-0.25, -0.2) is 14.6 Å². The van der Waals surface area contributed by atoms with Crippen LogP contribution in [0.2, 0.25) is 0 Å². The lowest BCUT2D eigenvalue weighted by Crippen LogP contribution is -2.13. The Morgan fingerprint density at radius 3 is 2.87 bits per heavy atom. The summed E-state index contributed by atoms with van der Waals surface area (Å²) in [4.78, 5) is 8.10. The van der Waals surface area contributed by atoms with Gasteiger partial charge in [0.05, 0.1) is 0 Å². The van der Waals surface area contributed by atoms with Crippen LogP contribution in [0, 0.1) is 12.3 Å². The molecule has 2 rings (SSSR count). The number of pyridine rings is 1. The maximum atomic E-state index is 7.36. The Kier molecular flexibility index (Phi) is 2.17. The van der Waals surface area contributed by atoms with Crippen molar-refractivity contribution in [3.8, 4) is 5.82 Å². The molecule has 0 fully saturated rings. The molecule has 3 N–H and O–H groups in total. The van der Waals surface area contributed by atoms with E-state index >= 15 is 0 Å². The summed E-state index contributed by atoms with van der Waals surface area (Å²) < 4.78 is 1.53. The SMILES string of the molecule is Cc1cc(C(=N)N)cc(-n2cncn2)n1. The van der Waals surface area contributed by atoms with Gasteiger partial charge in [-0.15, -0.1) is 0 Å². The molecule has 6 heteroatoms. The minimum atomic E-state index is 0.0156. The Morgan fingerprint density at radius 2 is 2.27 bits per heavy atom. The molecule has 0 atom stereocenters. The lowest BCUT2D eigenvalue weighted by Gasteiger charge is -2.04. The number of nitrogens with zero attached hydrogens (tertiary/aromatic N) is 4. The van der Waals surface area contributed by atoms with Crippen molar-refractivity contribution in [1.82, 2.24) is 19.7 Å². The van der Waals surface area contributed by atoms with Crippen LogP contribution in [0.3, 0.4) is 0 Å². The fraction of sp³-hybridized carbons (Fsp3) is 0.111. The maximum Gasteiger partial charge on any atom is 0.156 e. The molecule has 0 spiro atoms. The number of nitrogens with two attached hydrogens (primary N) is 1. The van der Waals surface area contributed by atoms with Crippen LogP contribution in [0.1, 0.15) is 11.3 Å². The third-order valence-corrected chi connectivity index (χ3v) is 1.90. The second-order valence-electron chi connectivity index (χ2n) is 3.11. The highest BCUT2D eigenvalue weighted by Gasteiger charge is 2.04. The van der Waals surface area contributed by atoms with Gasteiger partial charge in [0.1, 0.15) is 18.5 Å². The first kappa shape index (κ1) is 9.32. The zero-order valence-corrected chi connectivity index (χ0v) is 8.18. The quantitative estimate of drug-likeness (QED) is 0.539. The van der Waals surface area contributed by atoms with Gasteiger partial charge in [0, 0.05) is 11.3 Å². The first-order valence-corrected chi connectivity index (χ1v) is 4.35. The molecule has 2 heterocycles. The summed E-state index contributed by atoms with van der Waals surface area (Å²) in [6.45, 7) is 1.84. The smallest absolute Gasteiger partial charge is 0.156 e. The summed E-state index contributed by atoms with van der Waals surface area (Å²) in [5.41, 5.74) is 6.83. The van der Waals surface area contributed by atoms with E-state index in [9.17, 15) is 0 Å². The molecule has 0 saturated carbocycles. The monoisotopic (exact) mass is 202 g/mol. The number of aromatic nitrogens is 4. The largest absolute Gasteiger partial charge is 0.384 e. The van der Waals surface area contributed by atoms with Gasteiger partial charge in [-0.3, -0.25) is 5.41 Å². The normalized spacial score (nSPS) is 10.2. The van der Waals surface area contributed by atoms with Crippen molar-refractivity contribution >= 4 is 5.84 Å². The number of nitrogen functional groups attached to an aromatic ring is 1. The fourth-order valence-electron chi connectivity index (χ4n) is 1.25. The molecule has 0 aliphatic heterocycles. The highest BCUT2D eigenvalue weighted by atomic mass is 15.3. The predicted octanol–water partition coefficient (Wildman–Crippen LogP) is 0.255. The van der Waals surface area contributed by atoms with E-state index in [2.05, 4.69) is 15.1 Å². The standard InChI is InChI=1S/C9H10N6/c1-6-2-7(9(10)11)3-8(14-6)15-5-12-4-13-15/h2-5H,1H3,(H3,10,11). The van der Waals surface area contributed by atoms with Crippen molar-refractivity contribution < 1.29 is 0 Å². The molecule has 0 aromatic carbocycles. The lowest BCUT2D eigenvalue weighted by molar-refractivity contribution is 0.838. The minimum absolute atomic E-state index is 0.0156. The van der Waals surface area contributed by atoms with Crippen molar-refractivity contribution in [3.05, 3.63) is 36.0 Å². The van der Waals surface area contributed by atoms with E-state index in [0.717, 1.165) is 5.69 Å². The molecule has 0 aliphatic carbocycles. The van der Waals surface area contributed by atoms with Crippen LogP contribution in [0.15, 0.2) is 24.8 Å². The van der Waals surface area contributed by atoms with Gasteiger partial charge >= 0.3 is 0 Å². The summed E-state index contributed by atoms with van der Waals surface area (Å²) in [5.74, 6) is 0.625. The van der Waals surface area contributed by atoms with Crippen molar-refractivity contribution in [2.45, 2.75) is 6.92 Å². The number of aryl methyl sites for hydroxylation is 1. The van der Waals surface area contributed by atoms with E-state index in [1.807, 2.05) is 6.92 Å². The Hall–Kier alpha value is -2.24. The molecular formula is C9H10N6. The second-order valence-corrected chi connectivity index (χ2v) is 3.11. The van der Waals surface area contributed by atoms with Crippen LogP contribution in [0.25, 0.3) is 5.82 Å². The molecule has 0 saturated heterocycles. The van der Waals surface area contributed by atoms with Crippen LogP contribution in [-0.4, -0.2) is 25.6 Å². The predicted molar refractivity (Wildman–Crippen MR) is 54.9 cm³/mol. The third-order valence-electron chi connectivity index (χ3n) is 1.90. The Bertz CT molecular complexity index is 487. The highest BCUT2D eigenvalue weighted by Crippen LogP contribution is 2.08. The molecule has 0 bridgehead atoms. The highest BCUT2D eigenvalue weighted by molar-refractivity contribution is 5.95. The summed E-state index contributed by atoms with van der Waals surface area (Å²) in [6, 6.07) is 3.45. The Balaban J connectivity index is 2.54. The van der Waals surface area contributed by atoms with Gasteiger partial charge in [0.15, 0.2) is 5.82 Å². The number of hydrogen-bond donors (Lipinski definition) is 2. The zero-order valence-electron chi connectivity index (χ0n) is 8.18. The Labute approximate surface area is 86.3 Å². The maximum absolute atomic E-state index is 7.36. The topological polar surface area (TPSA) is 93.5 Å². The number of nitrogens with one attached hydrogen (secondary N) is 1. The molecule has 76 valence electrons. The van der Waals surface area contributed by atoms with Gasteiger partial charge < -0.3 is 5.73 Å². The van der Waals surface area contributed by atoms with E-state index in [1.54, 1.807) is 18.5 Å². The van der Waals surface area contributed by atoms with E-state index in [-0.39, 0.29) is 5.84 Å². The summed E-state index contributed by atoms with van der Waals surface area (Å²) in [5, 5.41) is 11.3. The van der Waals surface area contributed by atoms with E-state index in [1.165, 1.54) is 11.0 Å². The van der Waals surface area contributed by atoms with Gasteiger partial charge in [-0.2, -0.15) is 5.10 Å². The molecular weight excluding hydrogens is 192 g/mol. The van der Waals surface area contributed by atoms with E-state index in [0.29, 0.717) is 11.4 Å². The first-order chi connectivity index (χ1) is 7.16. The summed E-state index contributed by atoms with van der Waals surface area (Å²) >= 11 is 0. The Morgan fingerprint density at radius 1 is 1.47 bits per heavy atom. The second kappa shape index (κ2) is 3.49. The van der Waals surface area contributed by atoms with Gasteiger partial charge in [-0.1, -0.05) is 0 Å². The fourth-order valence-corrected chi connectivity index (χ4v) is 1.25. The van der Waals surface area contributed by atoms with Crippen LogP contribution in [0.4, 0.5) is 0 Å². The van der Waals surface area contributed by atoms with E-state index in [4.69, 9.17) is 11.1 Å². The first-order valence-electron chi connectivity index (χ1n) is 4.35. The van der Waals surface area contributed by atoms with Crippen molar-refractivity contribution in [3.63, 3.8) is 0 Å². The summed E-state index contributed by atoms with van der Waals surface area (Å²) in [7, 11) is 0. The average molecular weight is 202 g/mol. The van der Waals surface area contributed by atoms with Crippen molar-refractivity contribution in [2.75, 3.05) is 0 Å². The summed E-state index contributed by atoms with van der Waals surface area (Å²) in [6.07, 6.45) is 2.98. The number of amidine groups is 1. The molecule has 0 amide bonds. The van der Waals surface area contributed by atoms with Gasteiger partial charge in [0.2, 0.25) is 0 Å². The van der Waals surface area contributed by atoms with Crippen LogP contribution >= 0.6 is 0 Å². The van der Waals surface area contributed by atoms with Crippen LogP contribution in [-0.2, 0) is 0 Å².